The van der Waals surface area contributed by atoms with Crippen LogP contribution in [0.5, 0.6) is 5.75 Å². The number of imidazole rings is 1. The van der Waals surface area contributed by atoms with Gasteiger partial charge in [-0.2, -0.15) is 0 Å². The van der Waals surface area contributed by atoms with E-state index in [-0.39, 0.29) is 11.8 Å². The highest BCUT2D eigenvalue weighted by Crippen LogP contribution is 2.36. The van der Waals surface area contributed by atoms with E-state index in [9.17, 15) is 4.79 Å². The summed E-state index contributed by atoms with van der Waals surface area (Å²) in [6, 6.07) is 22.2. The summed E-state index contributed by atoms with van der Waals surface area (Å²) in [4.78, 5) is 19.8. The molecule has 1 aromatic heterocycles. The van der Waals surface area contributed by atoms with Gasteiger partial charge in [0.05, 0.1) is 23.3 Å². The van der Waals surface area contributed by atoms with Gasteiger partial charge in [-0.1, -0.05) is 42.5 Å². The third kappa shape index (κ3) is 4.15. The van der Waals surface area contributed by atoms with Crippen molar-refractivity contribution >= 4 is 38.6 Å². The average Bonchev–Trinajstić information content (AvgIpc) is 3.37. The van der Waals surface area contributed by atoms with Crippen molar-refractivity contribution in [1.29, 1.82) is 0 Å². The molecule has 1 saturated heterocycles. The third-order valence-electron chi connectivity index (χ3n) is 6.29. The van der Waals surface area contributed by atoms with E-state index in [0.717, 1.165) is 43.9 Å². The van der Waals surface area contributed by atoms with Gasteiger partial charge in [-0.15, -0.1) is 0 Å². The molecule has 0 radical (unpaired) electrons. The first kappa shape index (κ1) is 21.7. The molecule has 33 heavy (non-hydrogen) atoms. The maximum atomic E-state index is 13.0. The highest BCUT2D eigenvalue weighted by atomic mass is 79.9. The Morgan fingerprint density at radius 3 is 2.52 bits per heavy atom. The minimum Gasteiger partial charge on any atom is -0.491 e. The van der Waals surface area contributed by atoms with Crippen LogP contribution in [0.15, 0.2) is 71.2 Å². The van der Waals surface area contributed by atoms with Crippen molar-refractivity contribution in [3.8, 4) is 5.75 Å². The Balaban J connectivity index is 1.43. The highest BCUT2D eigenvalue weighted by molar-refractivity contribution is 9.10. The quantitative estimate of drug-likeness (QED) is 0.323. The van der Waals surface area contributed by atoms with Crippen molar-refractivity contribution in [1.82, 2.24) is 9.55 Å². The SMILES string of the molecule is Cc1cccc(C)c1OCCn1c(C2CC(=O)N(c3ccccc3Br)C2)nc2ccccc21. The minimum absolute atomic E-state index is 0.0252. The van der Waals surface area contributed by atoms with Crippen molar-refractivity contribution < 1.29 is 9.53 Å². The number of ether oxygens (including phenoxy) is 1. The molecule has 1 aliphatic rings. The van der Waals surface area contributed by atoms with Crippen LogP contribution in [0.4, 0.5) is 5.69 Å². The van der Waals surface area contributed by atoms with Crippen molar-refractivity contribution in [2.75, 3.05) is 18.1 Å². The molecule has 5 nitrogen and oxygen atoms in total. The number of aryl methyl sites for hydroxylation is 2. The van der Waals surface area contributed by atoms with Crippen LogP contribution in [0.1, 0.15) is 29.3 Å². The molecule has 0 N–H and O–H groups in total. The lowest BCUT2D eigenvalue weighted by Gasteiger charge is -2.19. The van der Waals surface area contributed by atoms with Crippen LogP contribution in [0, 0.1) is 13.8 Å². The minimum atomic E-state index is 0.0252. The molecule has 1 unspecified atom stereocenters. The van der Waals surface area contributed by atoms with Crippen LogP contribution >= 0.6 is 15.9 Å². The summed E-state index contributed by atoms with van der Waals surface area (Å²) >= 11 is 3.59. The first-order valence-electron chi connectivity index (χ1n) is 11.2. The second-order valence-electron chi connectivity index (χ2n) is 8.54. The summed E-state index contributed by atoms with van der Waals surface area (Å²) in [5.41, 5.74) is 5.20. The molecule has 3 aromatic carbocycles. The summed E-state index contributed by atoms with van der Waals surface area (Å²) in [5.74, 6) is 2.04. The molecule has 6 heteroatoms. The first-order valence-corrected chi connectivity index (χ1v) is 12.0. The monoisotopic (exact) mass is 503 g/mol. The van der Waals surface area contributed by atoms with E-state index in [0.29, 0.717) is 26.1 Å². The van der Waals surface area contributed by atoms with Gasteiger partial charge in [-0.25, -0.2) is 4.98 Å². The smallest absolute Gasteiger partial charge is 0.227 e. The van der Waals surface area contributed by atoms with Crippen LogP contribution in [0.3, 0.4) is 0 Å². The number of para-hydroxylation sites is 4. The van der Waals surface area contributed by atoms with Crippen molar-refractivity contribution in [3.05, 3.63) is 88.2 Å². The van der Waals surface area contributed by atoms with Crippen LogP contribution < -0.4 is 9.64 Å². The fourth-order valence-electron chi connectivity index (χ4n) is 4.69. The van der Waals surface area contributed by atoms with E-state index in [1.807, 2.05) is 53.4 Å². The molecular weight excluding hydrogens is 478 g/mol. The number of benzene rings is 3. The molecule has 0 aliphatic carbocycles. The number of hydrogen-bond acceptors (Lipinski definition) is 3. The number of amides is 1. The number of hydrogen-bond donors (Lipinski definition) is 0. The zero-order chi connectivity index (χ0) is 22.9. The van der Waals surface area contributed by atoms with Crippen molar-refractivity contribution in [2.24, 2.45) is 0 Å². The number of fused-ring (bicyclic) bond motifs is 1. The predicted molar refractivity (Wildman–Crippen MR) is 135 cm³/mol. The van der Waals surface area contributed by atoms with Gasteiger partial charge in [0, 0.05) is 23.4 Å². The van der Waals surface area contributed by atoms with Crippen LogP contribution in [-0.4, -0.2) is 28.6 Å². The average molecular weight is 504 g/mol. The maximum Gasteiger partial charge on any atom is 0.227 e. The number of nitrogens with zero attached hydrogens (tertiary/aromatic N) is 3. The Morgan fingerprint density at radius 1 is 1.00 bits per heavy atom. The molecule has 1 amide bonds. The molecule has 168 valence electrons. The first-order chi connectivity index (χ1) is 16.0. The van der Waals surface area contributed by atoms with Crippen LogP contribution in [0.2, 0.25) is 0 Å². The zero-order valence-electron chi connectivity index (χ0n) is 18.8. The number of aromatic nitrogens is 2. The molecule has 1 fully saturated rings. The number of halogens is 1. The van der Waals surface area contributed by atoms with Gasteiger partial charge in [0.15, 0.2) is 0 Å². The molecule has 2 heterocycles. The summed E-state index contributed by atoms with van der Waals surface area (Å²) in [6.07, 6.45) is 0.447. The molecular formula is C27H26BrN3O2. The van der Waals surface area contributed by atoms with E-state index in [1.54, 1.807) is 0 Å². The van der Waals surface area contributed by atoms with Crippen molar-refractivity contribution in [3.63, 3.8) is 0 Å². The standard InChI is InChI=1S/C27H26BrN3O2/c1-18-8-7-9-19(2)26(18)33-15-14-30-24-13-6-4-11-22(24)29-27(30)20-16-25(32)31(17-20)23-12-5-3-10-21(23)28/h3-13,20H,14-17H2,1-2H3. The van der Waals surface area contributed by atoms with Gasteiger partial charge >= 0.3 is 0 Å². The van der Waals surface area contributed by atoms with Gasteiger partial charge in [-0.3, -0.25) is 4.79 Å². The number of anilines is 1. The Labute approximate surface area is 202 Å². The van der Waals surface area contributed by atoms with E-state index in [4.69, 9.17) is 9.72 Å². The van der Waals surface area contributed by atoms with Gasteiger partial charge in [-0.05, 0) is 65.2 Å². The van der Waals surface area contributed by atoms with Gasteiger partial charge < -0.3 is 14.2 Å². The summed E-state index contributed by atoms with van der Waals surface area (Å²) in [6.45, 7) is 5.96. The molecule has 4 aromatic rings. The Morgan fingerprint density at radius 2 is 1.73 bits per heavy atom. The predicted octanol–water partition coefficient (Wildman–Crippen LogP) is 6.02. The van der Waals surface area contributed by atoms with Crippen LogP contribution in [-0.2, 0) is 11.3 Å². The number of carbonyl (C=O) groups excluding carboxylic acids is 1. The lowest BCUT2D eigenvalue weighted by Crippen LogP contribution is -2.25. The Kier molecular flexibility index (Phi) is 5.94. The second-order valence-corrected chi connectivity index (χ2v) is 9.39. The number of rotatable bonds is 6. The largest absolute Gasteiger partial charge is 0.491 e. The summed E-state index contributed by atoms with van der Waals surface area (Å²) < 4.78 is 9.35. The van der Waals surface area contributed by atoms with E-state index < -0.39 is 0 Å². The summed E-state index contributed by atoms with van der Waals surface area (Å²) in [7, 11) is 0. The normalized spacial score (nSPS) is 16.0. The molecule has 0 bridgehead atoms. The summed E-state index contributed by atoms with van der Waals surface area (Å²) in [5, 5.41) is 0. The third-order valence-corrected chi connectivity index (χ3v) is 6.96. The zero-order valence-corrected chi connectivity index (χ0v) is 20.4. The van der Waals surface area contributed by atoms with E-state index in [1.165, 1.54) is 0 Å². The Hall–Kier alpha value is -3.12. The molecule has 1 aliphatic heterocycles. The van der Waals surface area contributed by atoms with Crippen LogP contribution in [0.25, 0.3) is 11.0 Å². The van der Waals surface area contributed by atoms with Gasteiger partial charge in [0.1, 0.15) is 18.2 Å². The lowest BCUT2D eigenvalue weighted by atomic mass is 10.1. The van der Waals surface area contributed by atoms with E-state index >= 15 is 0 Å². The molecule has 0 saturated carbocycles. The fourth-order valence-corrected chi connectivity index (χ4v) is 5.19. The Bertz CT molecular complexity index is 1310. The highest BCUT2D eigenvalue weighted by Gasteiger charge is 2.35. The number of carbonyl (C=O) groups is 1. The molecule has 5 rings (SSSR count). The van der Waals surface area contributed by atoms with Crippen molar-refractivity contribution in [2.45, 2.75) is 32.7 Å². The second kappa shape index (κ2) is 9.02. The molecule has 0 spiro atoms. The topological polar surface area (TPSA) is 47.4 Å². The fraction of sp³-hybridized carbons (Fsp3) is 0.259. The molecule has 1 atom stereocenters. The van der Waals surface area contributed by atoms with E-state index in [2.05, 4.69) is 52.5 Å². The van der Waals surface area contributed by atoms with Gasteiger partial charge in [0.25, 0.3) is 0 Å². The lowest BCUT2D eigenvalue weighted by molar-refractivity contribution is -0.117. The van der Waals surface area contributed by atoms with Gasteiger partial charge in [0.2, 0.25) is 5.91 Å². The maximum absolute atomic E-state index is 13.0.